The molecular weight excluding hydrogens is 162 g/mol. The number of pyridine rings is 1. The van der Waals surface area contributed by atoms with Gasteiger partial charge in [-0.1, -0.05) is 26.7 Å². The molecule has 2 heteroatoms. The Morgan fingerprint density at radius 2 is 1.92 bits per heavy atom. The molecule has 0 radical (unpaired) electrons. The number of H-pyrrole nitrogens is 1. The summed E-state index contributed by atoms with van der Waals surface area (Å²) in [6, 6.07) is 2.02. The highest BCUT2D eigenvalue weighted by Crippen LogP contribution is 2.07. The van der Waals surface area contributed by atoms with Crippen LogP contribution in [0, 0.1) is 0 Å². The molecule has 0 spiro atoms. The molecule has 0 aliphatic rings. The van der Waals surface area contributed by atoms with Crippen molar-refractivity contribution < 1.29 is 0 Å². The lowest BCUT2D eigenvalue weighted by molar-refractivity contribution is 0.842. The topological polar surface area (TPSA) is 32.9 Å². The van der Waals surface area contributed by atoms with Gasteiger partial charge < -0.3 is 4.98 Å². The first-order valence-electron chi connectivity index (χ1n) is 4.99. The largest absolute Gasteiger partial charge is 0.329 e. The van der Waals surface area contributed by atoms with Gasteiger partial charge in [0, 0.05) is 11.8 Å². The first kappa shape index (κ1) is 10.0. The predicted molar refractivity (Wildman–Crippen MR) is 55.1 cm³/mol. The molecule has 13 heavy (non-hydrogen) atoms. The molecule has 0 bridgehead atoms. The number of hydrogen-bond donors (Lipinski definition) is 1. The van der Waals surface area contributed by atoms with E-state index in [1.165, 1.54) is 5.56 Å². The first-order chi connectivity index (χ1) is 6.29. The monoisotopic (exact) mass is 179 g/mol. The van der Waals surface area contributed by atoms with E-state index >= 15 is 0 Å². The van der Waals surface area contributed by atoms with Crippen LogP contribution in [0.5, 0.6) is 0 Å². The van der Waals surface area contributed by atoms with Crippen LogP contribution in [-0.4, -0.2) is 4.98 Å². The van der Waals surface area contributed by atoms with Crippen LogP contribution in [0.1, 0.15) is 37.8 Å². The van der Waals surface area contributed by atoms with E-state index in [1.807, 2.05) is 6.07 Å². The van der Waals surface area contributed by atoms with Crippen molar-refractivity contribution >= 4 is 0 Å². The Morgan fingerprint density at radius 1 is 1.23 bits per heavy atom. The summed E-state index contributed by atoms with van der Waals surface area (Å²) in [7, 11) is 0. The lowest BCUT2D eigenvalue weighted by atomic mass is 10.0. The molecule has 72 valence electrons. The Bertz CT molecular complexity index is 314. The summed E-state index contributed by atoms with van der Waals surface area (Å²) in [5.41, 5.74) is 2.28. The number of nitrogens with one attached hydrogen (secondary N) is 1. The molecule has 1 aromatic heterocycles. The average Bonchev–Trinajstić information content (AvgIpc) is 2.11. The van der Waals surface area contributed by atoms with Gasteiger partial charge in [-0.2, -0.15) is 0 Å². The number of aryl methyl sites for hydroxylation is 1. The van der Waals surface area contributed by atoms with Crippen molar-refractivity contribution in [2.45, 2.75) is 39.5 Å². The van der Waals surface area contributed by atoms with Gasteiger partial charge in [0.25, 0.3) is 5.56 Å². The molecule has 2 nitrogen and oxygen atoms in total. The molecule has 0 saturated carbocycles. The van der Waals surface area contributed by atoms with E-state index in [2.05, 4.69) is 18.8 Å². The minimum atomic E-state index is 0.0906. The third-order valence-corrected chi connectivity index (χ3v) is 2.18. The number of rotatable bonds is 4. The zero-order chi connectivity index (χ0) is 9.68. The van der Waals surface area contributed by atoms with Crippen LogP contribution in [0.25, 0.3) is 0 Å². The Balaban J connectivity index is 3.02. The molecule has 1 N–H and O–H groups in total. The van der Waals surface area contributed by atoms with Crippen molar-refractivity contribution in [3.8, 4) is 0 Å². The zero-order valence-corrected chi connectivity index (χ0v) is 8.39. The third-order valence-electron chi connectivity index (χ3n) is 2.18. The van der Waals surface area contributed by atoms with E-state index in [1.54, 1.807) is 6.20 Å². The SMILES string of the molecule is CCCc1cc[nH]c(=O)c1CCC. The van der Waals surface area contributed by atoms with E-state index in [0.717, 1.165) is 31.2 Å². The summed E-state index contributed by atoms with van der Waals surface area (Å²) in [4.78, 5) is 14.2. The molecule has 0 aromatic carbocycles. The summed E-state index contributed by atoms with van der Waals surface area (Å²) in [5, 5.41) is 0. The smallest absolute Gasteiger partial charge is 0.251 e. The molecule has 1 aromatic rings. The Kier molecular flexibility index (Phi) is 3.74. The maximum Gasteiger partial charge on any atom is 0.251 e. The van der Waals surface area contributed by atoms with Crippen molar-refractivity contribution in [2.75, 3.05) is 0 Å². The van der Waals surface area contributed by atoms with Crippen LogP contribution in [-0.2, 0) is 12.8 Å². The van der Waals surface area contributed by atoms with E-state index in [9.17, 15) is 4.79 Å². The van der Waals surface area contributed by atoms with Gasteiger partial charge in [0.1, 0.15) is 0 Å². The van der Waals surface area contributed by atoms with Gasteiger partial charge in [0.2, 0.25) is 0 Å². The van der Waals surface area contributed by atoms with Crippen LogP contribution < -0.4 is 5.56 Å². The highest BCUT2D eigenvalue weighted by molar-refractivity contribution is 5.23. The molecule has 0 amide bonds. The molecule has 0 aliphatic heterocycles. The number of aromatic amines is 1. The van der Waals surface area contributed by atoms with E-state index in [0.29, 0.717) is 0 Å². The molecule has 0 atom stereocenters. The fraction of sp³-hybridized carbons (Fsp3) is 0.545. The first-order valence-corrected chi connectivity index (χ1v) is 4.99. The molecule has 1 rings (SSSR count). The Labute approximate surface area is 79.0 Å². The van der Waals surface area contributed by atoms with Crippen molar-refractivity contribution in [1.29, 1.82) is 0 Å². The zero-order valence-electron chi connectivity index (χ0n) is 8.39. The second-order valence-corrected chi connectivity index (χ2v) is 3.31. The minimum Gasteiger partial charge on any atom is -0.329 e. The fourth-order valence-electron chi connectivity index (χ4n) is 1.58. The summed E-state index contributed by atoms with van der Waals surface area (Å²) in [6.45, 7) is 4.24. The molecular formula is C11H17NO. The molecule has 0 fully saturated rings. The van der Waals surface area contributed by atoms with E-state index < -0.39 is 0 Å². The Morgan fingerprint density at radius 3 is 2.54 bits per heavy atom. The fourth-order valence-corrected chi connectivity index (χ4v) is 1.58. The molecule has 0 aliphatic carbocycles. The van der Waals surface area contributed by atoms with Crippen molar-refractivity contribution in [3.63, 3.8) is 0 Å². The summed E-state index contributed by atoms with van der Waals surface area (Å²) >= 11 is 0. The number of hydrogen-bond acceptors (Lipinski definition) is 1. The summed E-state index contributed by atoms with van der Waals surface area (Å²) < 4.78 is 0. The quantitative estimate of drug-likeness (QED) is 0.755. The second kappa shape index (κ2) is 4.85. The Hall–Kier alpha value is -1.05. The normalized spacial score (nSPS) is 10.3. The number of aromatic nitrogens is 1. The molecule has 1 heterocycles. The standard InChI is InChI=1S/C11H17NO/c1-3-5-9-7-8-12-11(13)10(9)6-4-2/h7-8H,3-6H2,1-2H3,(H,12,13). The van der Waals surface area contributed by atoms with Crippen LogP contribution in [0.4, 0.5) is 0 Å². The van der Waals surface area contributed by atoms with Gasteiger partial charge >= 0.3 is 0 Å². The van der Waals surface area contributed by atoms with Gasteiger partial charge in [-0.05, 0) is 24.5 Å². The van der Waals surface area contributed by atoms with Gasteiger partial charge in [0.05, 0.1) is 0 Å². The second-order valence-electron chi connectivity index (χ2n) is 3.31. The maximum atomic E-state index is 11.4. The highest BCUT2D eigenvalue weighted by Gasteiger charge is 2.04. The van der Waals surface area contributed by atoms with Crippen molar-refractivity contribution in [3.05, 3.63) is 33.7 Å². The lowest BCUT2D eigenvalue weighted by Crippen LogP contribution is -2.14. The summed E-state index contributed by atoms with van der Waals surface area (Å²) in [6.07, 6.45) is 5.78. The third kappa shape index (κ3) is 2.44. The molecule has 0 unspecified atom stereocenters. The van der Waals surface area contributed by atoms with Gasteiger partial charge in [-0.15, -0.1) is 0 Å². The lowest BCUT2D eigenvalue weighted by Gasteiger charge is -2.05. The van der Waals surface area contributed by atoms with Gasteiger partial charge in [-0.25, -0.2) is 0 Å². The summed E-state index contributed by atoms with van der Waals surface area (Å²) in [5.74, 6) is 0. The minimum absolute atomic E-state index is 0.0906. The van der Waals surface area contributed by atoms with E-state index in [-0.39, 0.29) is 5.56 Å². The van der Waals surface area contributed by atoms with Crippen molar-refractivity contribution in [1.82, 2.24) is 4.98 Å². The van der Waals surface area contributed by atoms with E-state index in [4.69, 9.17) is 0 Å². The van der Waals surface area contributed by atoms with Crippen LogP contribution in [0.15, 0.2) is 17.1 Å². The average molecular weight is 179 g/mol. The van der Waals surface area contributed by atoms with Crippen LogP contribution >= 0.6 is 0 Å². The maximum absolute atomic E-state index is 11.4. The molecule has 0 saturated heterocycles. The van der Waals surface area contributed by atoms with Gasteiger partial charge in [0.15, 0.2) is 0 Å². The van der Waals surface area contributed by atoms with Crippen molar-refractivity contribution in [2.24, 2.45) is 0 Å². The highest BCUT2D eigenvalue weighted by atomic mass is 16.1. The van der Waals surface area contributed by atoms with Gasteiger partial charge in [-0.3, -0.25) is 4.79 Å². The predicted octanol–water partition coefficient (Wildman–Crippen LogP) is 2.28. The van der Waals surface area contributed by atoms with Crippen LogP contribution in [0.3, 0.4) is 0 Å². The van der Waals surface area contributed by atoms with Crippen LogP contribution in [0.2, 0.25) is 0 Å².